The first-order chi connectivity index (χ1) is 9.34. The van der Waals surface area contributed by atoms with Gasteiger partial charge in [-0.3, -0.25) is 5.32 Å². The molecule has 19 heavy (non-hydrogen) atoms. The topological polar surface area (TPSA) is 29.9 Å². The molecule has 0 saturated carbocycles. The van der Waals surface area contributed by atoms with E-state index in [2.05, 4.69) is 51.2 Å². The monoisotopic (exact) mass is 293 g/mol. The van der Waals surface area contributed by atoms with Crippen molar-refractivity contribution in [2.24, 2.45) is 7.05 Å². The second-order valence-corrected chi connectivity index (χ2v) is 7.05. The van der Waals surface area contributed by atoms with Crippen LogP contribution >= 0.6 is 23.1 Å². The molecule has 5 heteroatoms. The third kappa shape index (κ3) is 3.04. The Hall–Kier alpha value is -0.780. The lowest BCUT2D eigenvalue weighted by molar-refractivity contribution is 0.454. The summed E-state index contributed by atoms with van der Waals surface area (Å²) in [7, 11) is 2.07. The Balaban J connectivity index is 1.82. The van der Waals surface area contributed by atoms with Gasteiger partial charge in [-0.25, -0.2) is 4.98 Å². The van der Waals surface area contributed by atoms with Gasteiger partial charge in [0.05, 0.1) is 0 Å². The molecule has 0 spiro atoms. The molecule has 2 atom stereocenters. The van der Waals surface area contributed by atoms with Gasteiger partial charge in [0.15, 0.2) is 0 Å². The van der Waals surface area contributed by atoms with Gasteiger partial charge in [-0.15, -0.1) is 11.3 Å². The summed E-state index contributed by atoms with van der Waals surface area (Å²) in [5.41, 5.74) is 0. The summed E-state index contributed by atoms with van der Waals surface area (Å²) in [6.07, 6.45) is 6.50. The Bertz CT molecular complexity index is 501. The van der Waals surface area contributed by atoms with Crippen LogP contribution in [-0.2, 0) is 7.05 Å². The third-order valence-corrected chi connectivity index (χ3v) is 5.66. The van der Waals surface area contributed by atoms with E-state index >= 15 is 0 Å². The van der Waals surface area contributed by atoms with Crippen molar-refractivity contribution in [3.8, 4) is 0 Å². The molecule has 102 valence electrons. The van der Waals surface area contributed by atoms with Crippen molar-refractivity contribution < 1.29 is 0 Å². The van der Waals surface area contributed by atoms with Crippen molar-refractivity contribution in [2.75, 3.05) is 11.5 Å². The molecule has 0 aliphatic carbocycles. The molecule has 1 saturated heterocycles. The molecule has 0 radical (unpaired) electrons. The number of aryl methyl sites for hydroxylation is 1. The van der Waals surface area contributed by atoms with Gasteiger partial charge >= 0.3 is 0 Å². The van der Waals surface area contributed by atoms with E-state index in [0.717, 1.165) is 5.82 Å². The highest BCUT2D eigenvalue weighted by Crippen LogP contribution is 2.27. The number of aromatic nitrogens is 2. The van der Waals surface area contributed by atoms with Crippen LogP contribution in [0.5, 0.6) is 0 Å². The van der Waals surface area contributed by atoms with Crippen LogP contribution in [-0.4, -0.2) is 27.1 Å². The molecular formula is C14H19N3S2. The van der Waals surface area contributed by atoms with Crippen LogP contribution in [0.4, 0.5) is 0 Å². The van der Waals surface area contributed by atoms with E-state index in [1.54, 1.807) is 11.3 Å². The summed E-state index contributed by atoms with van der Waals surface area (Å²) in [4.78, 5) is 5.89. The lowest BCUT2D eigenvalue weighted by atomic mass is 10.1. The normalized spacial score (nSPS) is 21.4. The van der Waals surface area contributed by atoms with Gasteiger partial charge in [-0.1, -0.05) is 6.07 Å². The van der Waals surface area contributed by atoms with Gasteiger partial charge in [0.25, 0.3) is 0 Å². The van der Waals surface area contributed by atoms with E-state index in [0.29, 0.717) is 6.04 Å². The first kappa shape index (κ1) is 13.2. The van der Waals surface area contributed by atoms with E-state index in [9.17, 15) is 0 Å². The standard InChI is InChI=1S/C14H19N3S2/c1-17-7-6-15-14(17)13(12-5-3-9-19-12)16-11-4-2-8-18-10-11/h3,5-7,9,11,13,16H,2,4,8,10H2,1H3. The lowest BCUT2D eigenvalue weighted by Crippen LogP contribution is -2.37. The zero-order chi connectivity index (χ0) is 13.1. The quantitative estimate of drug-likeness (QED) is 0.939. The first-order valence-electron chi connectivity index (χ1n) is 6.69. The zero-order valence-electron chi connectivity index (χ0n) is 11.1. The van der Waals surface area contributed by atoms with Crippen LogP contribution in [0.2, 0.25) is 0 Å². The van der Waals surface area contributed by atoms with Crippen LogP contribution in [0.3, 0.4) is 0 Å². The highest BCUT2D eigenvalue weighted by Gasteiger charge is 2.24. The van der Waals surface area contributed by atoms with Crippen molar-refractivity contribution in [1.82, 2.24) is 14.9 Å². The molecule has 3 heterocycles. The molecule has 1 fully saturated rings. The van der Waals surface area contributed by atoms with Crippen molar-refractivity contribution >= 4 is 23.1 Å². The Kier molecular flexibility index (Phi) is 4.25. The van der Waals surface area contributed by atoms with E-state index in [1.165, 1.54) is 29.2 Å². The average Bonchev–Trinajstić information content (AvgIpc) is 3.09. The molecule has 0 amide bonds. The van der Waals surface area contributed by atoms with Crippen molar-refractivity contribution in [2.45, 2.75) is 24.9 Å². The second-order valence-electron chi connectivity index (χ2n) is 4.93. The highest BCUT2D eigenvalue weighted by molar-refractivity contribution is 7.99. The fraction of sp³-hybridized carbons (Fsp3) is 0.500. The minimum absolute atomic E-state index is 0.226. The summed E-state index contributed by atoms with van der Waals surface area (Å²) < 4.78 is 2.12. The van der Waals surface area contributed by atoms with E-state index in [4.69, 9.17) is 0 Å². The predicted molar refractivity (Wildman–Crippen MR) is 82.9 cm³/mol. The van der Waals surface area contributed by atoms with Crippen molar-refractivity contribution in [1.29, 1.82) is 0 Å². The van der Waals surface area contributed by atoms with Crippen LogP contribution in [0.15, 0.2) is 29.9 Å². The zero-order valence-corrected chi connectivity index (χ0v) is 12.7. The molecule has 1 aliphatic heterocycles. The molecule has 3 rings (SSSR count). The largest absolute Gasteiger partial charge is 0.336 e. The summed E-state index contributed by atoms with van der Waals surface area (Å²) in [6, 6.07) is 5.14. The SMILES string of the molecule is Cn1ccnc1C(NC1CCCSC1)c1cccs1. The molecule has 0 aromatic carbocycles. The molecule has 2 unspecified atom stereocenters. The summed E-state index contributed by atoms with van der Waals surface area (Å²) in [5, 5.41) is 5.95. The Morgan fingerprint density at radius 1 is 1.53 bits per heavy atom. The minimum atomic E-state index is 0.226. The van der Waals surface area contributed by atoms with Crippen molar-refractivity contribution in [3.05, 3.63) is 40.6 Å². The maximum Gasteiger partial charge on any atom is 0.131 e. The van der Waals surface area contributed by atoms with Gasteiger partial charge in [-0.05, 0) is 30.0 Å². The van der Waals surface area contributed by atoms with Crippen molar-refractivity contribution in [3.63, 3.8) is 0 Å². The van der Waals surface area contributed by atoms with Gasteiger partial charge in [-0.2, -0.15) is 11.8 Å². The first-order valence-corrected chi connectivity index (χ1v) is 8.72. The van der Waals surface area contributed by atoms with Gasteiger partial charge in [0.1, 0.15) is 11.9 Å². The molecule has 0 bridgehead atoms. The number of thiophene rings is 1. The van der Waals surface area contributed by atoms with Crippen LogP contribution in [0, 0.1) is 0 Å². The number of rotatable bonds is 4. The Labute approximate surface area is 122 Å². The summed E-state index contributed by atoms with van der Waals surface area (Å²) >= 11 is 3.86. The number of thioether (sulfide) groups is 1. The highest BCUT2D eigenvalue weighted by atomic mass is 32.2. The smallest absolute Gasteiger partial charge is 0.131 e. The maximum atomic E-state index is 4.54. The number of hydrogen-bond acceptors (Lipinski definition) is 4. The molecule has 2 aromatic heterocycles. The molecular weight excluding hydrogens is 274 g/mol. The van der Waals surface area contributed by atoms with E-state index in [1.807, 2.05) is 12.4 Å². The third-order valence-electron chi connectivity index (χ3n) is 3.51. The van der Waals surface area contributed by atoms with Gasteiger partial charge in [0, 0.05) is 36.1 Å². The fourth-order valence-electron chi connectivity index (χ4n) is 2.50. The fourth-order valence-corrected chi connectivity index (χ4v) is 4.37. The molecule has 2 aromatic rings. The molecule has 3 nitrogen and oxygen atoms in total. The number of imidazole rings is 1. The summed E-state index contributed by atoms with van der Waals surface area (Å²) in [6.45, 7) is 0. The number of nitrogens with one attached hydrogen (secondary N) is 1. The Morgan fingerprint density at radius 2 is 2.47 bits per heavy atom. The summed E-state index contributed by atoms with van der Waals surface area (Å²) in [5.74, 6) is 3.63. The Morgan fingerprint density at radius 3 is 3.11 bits per heavy atom. The van der Waals surface area contributed by atoms with Crippen LogP contribution < -0.4 is 5.32 Å². The van der Waals surface area contributed by atoms with Crippen LogP contribution in [0.1, 0.15) is 29.6 Å². The van der Waals surface area contributed by atoms with Crippen LogP contribution in [0.25, 0.3) is 0 Å². The molecule has 1 aliphatic rings. The number of nitrogens with zero attached hydrogens (tertiary/aromatic N) is 2. The average molecular weight is 293 g/mol. The van der Waals surface area contributed by atoms with E-state index < -0.39 is 0 Å². The van der Waals surface area contributed by atoms with Gasteiger partial charge in [0.2, 0.25) is 0 Å². The molecule has 1 N–H and O–H groups in total. The lowest BCUT2D eigenvalue weighted by Gasteiger charge is -2.27. The second kappa shape index (κ2) is 6.11. The van der Waals surface area contributed by atoms with E-state index in [-0.39, 0.29) is 6.04 Å². The van der Waals surface area contributed by atoms with Gasteiger partial charge < -0.3 is 4.57 Å². The maximum absolute atomic E-state index is 4.54. The predicted octanol–water partition coefficient (Wildman–Crippen LogP) is 3.06. The number of hydrogen-bond donors (Lipinski definition) is 1. The minimum Gasteiger partial charge on any atom is -0.336 e.